The quantitative estimate of drug-likeness (QED) is 0.0212. The number of quaternary nitrogens is 1. The van der Waals surface area contributed by atoms with Crippen molar-refractivity contribution in [2.75, 3.05) is 47.5 Å². The van der Waals surface area contributed by atoms with Gasteiger partial charge in [-0.3, -0.25) is 9.59 Å². The predicted octanol–water partition coefficient (Wildman–Crippen LogP) is 14.2. The zero-order valence-electron chi connectivity index (χ0n) is 42.0. The molecule has 0 bridgehead atoms. The highest BCUT2D eigenvalue weighted by Gasteiger charge is 2.25. The lowest BCUT2D eigenvalue weighted by Crippen LogP contribution is -2.40. The van der Waals surface area contributed by atoms with E-state index in [-0.39, 0.29) is 38.6 Å². The van der Waals surface area contributed by atoms with Crippen LogP contribution in [0.15, 0.2) is 122 Å². The number of carbonyl (C=O) groups is 3. The molecule has 66 heavy (non-hydrogen) atoms. The van der Waals surface area contributed by atoms with Gasteiger partial charge in [0.1, 0.15) is 13.2 Å². The number of esters is 2. The van der Waals surface area contributed by atoms with Crippen LogP contribution in [0.4, 0.5) is 0 Å². The Morgan fingerprint density at radius 1 is 0.470 bits per heavy atom. The number of carboxylic acids is 1. The fraction of sp³-hybridized carbons (Fsp3) is 0.596. The van der Waals surface area contributed by atoms with Gasteiger partial charge in [-0.1, -0.05) is 167 Å². The number of ether oxygens (including phenoxy) is 4. The molecule has 0 aliphatic carbocycles. The molecule has 0 aliphatic heterocycles. The second-order valence-electron chi connectivity index (χ2n) is 17.4. The van der Waals surface area contributed by atoms with Crippen LogP contribution in [0.25, 0.3) is 0 Å². The van der Waals surface area contributed by atoms with E-state index < -0.39 is 24.3 Å². The summed E-state index contributed by atoms with van der Waals surface area (Å²) in [7, 11) is 5.93. The van der Waals surface area contributed by atoms with E-state index in [1.165, 1.54) is 6.42 Å². The van der Waals surface area contributed by atoms with E-state index in [9.17, 15) is 19.5 Å². The summed E-state index contributed by atoms with van der Waals surface area (Å²) in [6.45, 7) is 4.60. The molecule has 0 aromatic rings. The second-order valence-corrected chi connectivity index (χ2v) is 17.4. The highest BCUT2D eigenvalue weighted by Crippen LogP contribution is 2.12. The summed E-state index contributed by atoms with van der Waals surface area (Å²) >= 11 is 0. The molecule has 9 nitrogen and oxygen atoms in total. The van der Waals surface area contributed by atoms with Crippen molar-refractivity contribution in [3.05, 3.63) is 122 Å². The molecule has 0 saturated carbocycles. The largest absolute Gasteiger partial charge is 0.477 e. The maximum atomic E-state index is 12.8. The van der Waals surface area contributed by atoms with Crippen molar-refractivity contribution in [2.24, 2.45) is 0 Å². The molecular weight excluding hydrogens is 827 g/mol. The molecule has 0 spiro atoms. The molecule has 0 amide bonds. The Hall–Kier alpha value is -4.31. The fourth-order valence-corrected chi connectivity index (χ4v) is 6.06. The first-order valence-electron chi connectivity index (χ1n) is 25.2. The van der Waals surface area contributed by atoms with Gasteiger partial charge in [-0.2, -0.15) is 0 Å². The van der Waals surface area contributed by atoms with Crippen molar-refractivity contribution in [3.8, 4) is 0 Å². The van der Waals surface area contributed by atoms with Gasteiger partial charge in [0.2, 0.25) is 0 Å². The molecule has 9 heteroatoms. The Morgan fingerprint density at radius 2 is 0.864 bits per heavy atom. The highest BCUT2D eigenvalue weighted by atomic mass is 16.7. The van der Waals surface area contributed by atoms with Crippen LogP contribution in [0, 0.1) is 0 Å². The van der Waals surface area contributed by atoms with Crippen LogP contribution in [-0.4, -0.2) is 87.4 Å². The van der Waals surface area contributed by atoms with Crippen molar-refractivity contribution in [1.82, 2.24) is 0 Å². The summed E-state index contributed by atoms with van der Waals surface area (Å²) in [6, 6.07) is 0. The maximum absolute atomic E-state index is 12.8. The average molecular weight is 919 g/mol. The van der Waals surface area contributed by atoms with Crippen LogP contribution in [-0.2, 0) is 33.3 Å². The molecule has 2 unspecified atom stereocenters. The van der Waals surface area contributed by atoms with E-state index in [0.717, 1.165) is 122 Å². The molecule has 0 fully saturated rings. The van der Waals surface area contributed by atoms with Crippen LogP contribution >= 0.6 is 0 Å². The van der Waals surface area contributed by atoms with Crippen LogP contribution < -0.4 is 0 Å². The standard InChI is InChI=1S/C57H91NO8/c1-6-8-10-12-14-16-18-19-20-21-22-23-24-25-26-27-28-29-30-31-32-33-34-35-36-37-38-40-42-44-46-48-55(60)66-53(52-65-57(56(61)62)63-50-49-58(3,4)5)51-64-54(59)47-45-43-41-39-17-15-13-11-9-7-2/h8,10-11,13-14,16,19-20,22-23,25-26,28-29,31-32,34-35,37-38,53,57H,6-7,9,12,15,17-18,21,24,27,30,33,36,39-52H2,1-5H3/p+1/b10-8-,13-11-,16-14-,20-19-,23-22-,26-25-,29-28-,32-31-,35-34-,38-37-. The number of nitrogens with zero attached hydrogens (tertiary/aromatic N) is 1. The number of unbranched alkanes of at least 4 members (excludes halogenated alkanes) is 9. The van der Waals surface area contributed by atoms with Crippen molar-refractivity contribution in [1.29, 1.82) is 0 Å². The number of carbonyl (C=O) groups excluding carboxylic acids is 2. The lowest BCUT2D eigenvalue weighted by molar-refractivity contribution is -0.870. The number of hydrogen-bond acceptors (Lipinski definition) is 7. The molecule has 0 saturated heterocycles. The van der Waals surface area contributed by atoms with Gasteiger partial charge in [0, 0.05) is 12.8 Å². The number of likely N-dealkylation sites (N-methyl/N-ethyl adjacent to an activating group) is 1. The highest BCUT2D eigenvalue weighted by molar-refractivity contribution is 5.71. The van der Waals surface area contributed by atoms with Gasteiger partial charge in [0.15, 0.2) is 6.10 Å². The van der Waals surface area contributed by atoms with E-state index in [1.807, 2.05) is 21.1 Å². The molecule has 2 atom stereocenters. The number of carboxylic acid groups (broad SMARTS) is 1. The molecule has 0 heterocycles. The van der Waals surface area contributed by atoms with E-state index in [2.05, 4.69) is 135 Å². The fourth-order valence-electron chi connectivity index (χ4n) is 6.06. The number of hydrogen-bond donors (Lipinski definition) is 1. The third-order valence-electron chi connectivity index (χ3n) is 9.93. The minimum absolute atomic E-state index is 0.172. The monoisotopic (exact) mass is 919 g/mol. The first kappa shape index (κ1) is 61.7. The first-order chi connectivity index (χ1) is 32.1. The average Bonchev–Trinajstić information content (AvgIpc) is 3.28. The third kappa shape index (κ3) is 47.6. The van der Waals surface area contributed by atoms with Gasteiger partial charge >= 0.3 is 17.9 Å². The summed E-state index contributed by atoms with van der Waals surface area (Å²) in [5, 5.41) is 9.64. The van der Waals surface area contributed by atoms with Gasteiger partial charge in [-0.25, -0.2) is 4.79 Å². The molecular formula is C57H92NO8+. The minimum atomic E-state index is -1.53. The SMILES string of the molecule is CC/C=C\C/C=C\C/C=C\C/C=C\C/C=C\C/C=C\C/C=C\C/C=C\C/C=C\CCCCCC(=O)OC(COC(=O)CCCCCCC/C=C\CCC)COC(OCC[N+](C)(C)C)C(=O)O. The van der Waals surface area contributed by atoms with E-state index >= 15 is 0 Å². The number of rotatable bonds is 44. The maximum Gasteiger partial charge on any atom is 0.361 e. The van der Waals surface area contributed by atoms with Crippen LogP contribution in [0.1, 0.15) is 162 Å². The Bertz CT molecular complexity index is 1490. The Balaban J connectivity index is 4.36. The molecule has 0 rings (SSSR count). The summed E-state index contributed by atoms with van der Waals surface area (Å²) in [5.74, 6) is -2.09. The van der Waals surface area contributed by atoms with Gasteiger partial charge in [0.25, 0.3) is 6.29 Å². The van der Waals surface area contributed by atoms with Gasteiger partial charge in [0.05, 0.1) is 34.4 Å². The molecule has 1 N–H and O–H groups in total. The zero-order valence-corrected chi connectivity index (χ0v) is 42.0. The van der Waals surface area contributed by atoms with E-state index in [1.54, 1.807) is 0 Å². The molecule has 0 aliphatic rings. The van der Waals surface area contributed by atoms with Gasteiger partial charge in [-0.05, 0) is 103 Å². The normalized spacial score (nSPS) is 13.9. The molecule has 0 aromatic carbocycles. The van der Waals surface area contributed by atoms with Crippen LogP contribution in [0.2, 0.25) is 0 Å². The minimum Gasteiger partial charge on any atom is -0.477 e. The predicted molar refractivity (Wildman–Crippen MR) is 276 cm³/mol. The van der Waals surface area contributed by atoms with Crippen molar-refractivity contribution in [3.63, 3.8) is 0 Å². The van der Waals surface area contributed by atoms with Crippen LogP contribution in [0.3, 0.4) is 0 Å². The van der Waals surface area contributed by atoms with Crippen LogP contribution in [0.5, 0.6) is 0 Å². The molecule has 0 aromatic heterocycles. The topological polar surface area (TPSA) is 108 Å². The first-order valence-corrected chi connectivity index (χ1v) is 25.2. The Morgan fingerprint density at radius 3 is 1.32 bits per heavy atom. The third-order valence-corrected chi connectivity index (χ3v) is 9.93. The van der Waals surface area contributed by atoms with Crippen molar-refractivity contribution < 1.29 is 42.9 Å². The Kier molecular flexibility index (Phi) is 44.1. The molecule has 0 radical (unpaired) electrons. The zero-order chi connectivity index (χ0) is 48.4. The lowest BCUT2D eigenvalue weighted by Gasteiger charge is -2.25. The van der Waals surface area contributed by atoms with E-state index in [4.69, 9.17) is 18.9 Å². The summed E-state index contributed by atoms with van der Waals surface area (Å²) in [6.07, 6.45) is 62.8. The van der Waals surface area contributed by atoms with Crippen molar-refractivity contribution >= 4 is 17.9 Å². The number of aliphatic carboxylic acids is 1. The summed E-state index contributed by atoms with van der Waals surface area (Å²) in [5.41, 5.74) is 0. The van der Waals surface area contributed by atoms with Crippen molar-refractivity contribution in [2.45, 2.75) is 174 Å². The second kappa shape index (κ2) is 47.2. The van der Waals surface area contributed by atoms with Gasteiger partial charge < -0.3 is 28.5 Å². The summed E-state index contributed by atoms with van der Waals surface area (Å²) < 4.78 is 22.7. The number of allylic oxidation sites excluding steroid dienone is 20. The Labute approximate surface area is 402 Å². The summed E-state index contributed by atoms with van der Waals surface area (Å²) in [4.78, 5) is 37.1. The molecule has 372 valence electrons. The lowest BCUT2D eigenvalue weighted by atomic mass is 10.1. The smallest absolute Gasteiger partial charge is 0.361 e. The van der Waals surface area contributed by atoms with E-state index in [0.29, 0.717) is 17.4 Å². The van der Waals surface area contributed by atoms with Gasteiger partial charge in [-0.15, -0.1) is 0 Å².